The molecule has 0 aliphatic carbocycles. The first kappa shape index (κ1) is 25.1. The van der Waals surface area contributed by atoms with Crippen molar-refractivity contribution in [2.75, 3.05) is 6.54 Å². The van der Waals surface area contributed by atoms with Gasteiger partial charge in [-0.15, -0.1) is 0 Å². The van der Waals surface area contributed by atoms with Crippen LogP contribution in [0, 0.1) is 0 Å². The molecule has 0 saturated carbocycles. The molecule has 1 aliphatic heterocycles. The molecule has 1 heterocycles. The highest BCUT2D eigenvalue weighted by molar-refractivity contribution is 7.90. The highest BCUT2D eigenvalue weighted by Gasteiger charge is 2.86. The molecule has 0 aromatic carbocycles. The maximum atomic E-state index is 13.9. The quantitative estimate of drug-likeness (QED) is 0.271. The normalized spacial score (nSPS) is 21.0. The van der Waals surface area contributed by atoms with Crippen LogP contribution in [0.5, 0.6) is 0 Å². The van der Waals surface area contributed by atoms with Gasteiger partial charge in [0, 0.05) is 12.6 Å². The van der Waals surface area contributed by atoms with Crippen LogP contribution in [0.2, 0.25) is 0 Å². The molecule has 1 rings (SSSR count). The number of alkyl halides is 9. The van der Waals surface area contributed by atoms with Gasteiger partial charge in [0.25, 0.3) is 10.0 Å². The number of sulfonamides is 1. The fraction of sp³-hybridized carbons (Fsp3) is 0.867. The molecule has 0 aromatic heterocycles. The molecular weight excluding hydrogens is 429 g/mol. The first-order chi connectivity index (χ1) is 12.6. The zero-order chi connectivity index (χ0) is 22.0. The topological polar surface area (TPSA) is 37.4 Å². The lowest BCUT2D eigenvalue weighted by atomic mass is 10.1. The van der Waals surface area contributed by atoms with Crippen molar-refractivity contribution in [1.82, 2.24) is 4.31 Å². The predicted octanol–water partition coefficient (Wildman–Crippen LogP) is 5.34. The third-order valence-corrected chi connectivity index (χ3v) is 6.30. The Morgan fingerprint density at radius 1 is 0.964 bits per heavy atom. The van der Waals surface area contributed by atoms with Gasteiger partial charge in [-0.25, -0.2) is 8.42 Å². The Morgan fingerprint density at radius 2 is 1.54 bits per heavy atom. The van der Waals surface area contributed by atoms with E-state index < -0.39 is 45.9 Å². The second kappa shape index (κ2) is 8.41. The molecule has 0 spiro atoms. The highest BCUT2D eigenvalue weighted by Crippen LogP contribution is 2.55. The van der Waals surface area contributed by atoms with Gasteiger partial charge in [-0.2, -0.15) is 43.8 Å². The second-order valence-corrected chi connectivity index (χ2v) is 8.34. The maximum absolute atomic E-state index is 13.9. The van der Waals surface area contributed by atoms with Crippen LogP contribution in [0.3, 0.4) is 0 Å². The summed E-state index contributed by atoms with van der Waals surface area (Å²) in [6, 6.07) is -1.33. The molecule has 1 saturated heterocycles. The number of nitrogens with zero attached hydrogens (tertiary/aromatic N) is 1. The summed E-state index contributed by atoms with van der Waals surface area (Å²) in [5.41, 5.74) is 0. The van der Waals surface area contributed by atoms with Crippen molar-refractivity contribution in [3.8, 4) is 0 Å². The Bertz CT molecular complexity index is 659. The molecule has 13 heteroatoms. The van der Waals surface area contributed by atoms with Crippen LogP contribution in [0.4, 0.5) is 39.5 Å². The van der Waals surface area contributed by atoms with Crippen LogP contribution in [-0.4, -0.2) is 48.6 Å². The number of allylic oxidation sites excluding steroid dienone is 1. The van der Waals surface area contributed by atoms with E-state index in [1.807, 2.05) is 6.92 Å². The van der Waals surface area contributed by atoms with Crippen LogP contribution >= 0.6 is 0 Å². The van der Waals surface area contributed by atoms with Crippen LogP contribution in [0.1, 0.15) is 45.4 Å². The molecule has 0 amide bonds. The average molecular weight is 449 g/mol. The third-order valence-electron chi connectivity index (χ3n) is 4.33. The molecule has 1 fully saturated rings. The summed E-state index contributed by atoms with van der Waals surface area (Å²) in [6.45, 7) is 1.21. The lowest BCUT2D eigenvalue weighted by Gasteiger charge is -2.35. The van der Waals surface area contributed by atoms with Crippen LogP contribution in [0.25, 0.3) is 0 Å². The first-order valence-electron chi connectivity index (χ1n) is 8.44. The van der Waals surface area contributed by atoms with Gasteiger partial charge in [0.15, 0.2) is 0 Å². The number of halogens is 9. The molecule has 1 atom stereocenters. The minimum absolute atomic E-state index is 0.0412. The molecule has 1 unspecified atom stereocenters. The zero-order valence-corrected chi connectivity index (χ0v) is 15.6. The fourth-order valence-electron chi connectivity index (χ4n) is 2.69. The minimum atomic E-state index is -7.25. The summed E-state index contributed by atoms with van der Waals surface area (Å²) < 4.78 is 141. The lowest BCUT2D eigenvalue weighted by molar-refractivity contribution is -0.382. The summed E-state index contributed by atoms with van der Waals surface area (Å²) in [5.74, 6) is -14.4. The monoisotopic (exact) mass is 449 g/mol. The molecule has 166 valence electrons. The van der Waals surface area contributed by atoms with E-state index in [2.05, 4.69) is 0 Å². The zero-order valence-electron chi connectivity index (χ0n) is 14.8. The van der Waals surface area contributed by atoms with Gasteiger partial charge >= 0.3 is 23.3 Å². The van der Waals surface area contributed by atoms with Gasteiger partial charge in [0.05, 0.1) is 0 Å². The first-order valence-corrected chi connectivity index (χ1v) is 9.88. The van der Waals surface area contributed by atoms with Gasteiger partial charge in [-0.3, -0.25) is 0 Å². The van der Waals surface area contributed by atoms with Gasteiger partial charge in [-0.1, -0.05) is 31.9 Å². The molecule has 3 nitrogen and oxygen atoms in total. The third kappa shape index (κ3) is 4.29. The van der Waals surface area contributed by atoms with Gasteiger partial charge in [-0.05, 0) is 25.7 Å². The van der Waals surface area contributed by atoms with E-state index in [1.165, 1.54) is 6.08 Å². The Morgan fingerprint density at radius 3 is 2.04 bits per heavy atom. The van der Waals surface area contributed by atoms with Crippen molar-refractivity contribution in [1.29, 1.82) is 0 Å². The number of hydrogen-bond donors (Lipinski definition) is 0. The van der Waals surface area contributed by atoms with Crippen molar-refractivity contribution in [3.63, 3.8) is 0 Å². The van der Waals surface area contributed by atoms with Gasteiger partial charge < -0.3 is 0 Å². The standard InChI is InChI=1S/C15H20F9NO2S/c1-2-3-4-5-6-8-11-9-7-10-25(11)28(26,27)15(23,24)13(18,19)12(16,17)14(20,21)22/h6,8,11H,2-5,7,9-10H2,1H3/b8-6+. The van der Waals surface area contributed by atoms with E-state index in [1.54, 1.807) is 0 Å². The molecule has 0 aromatic rings. The van der Waals surface area contributed by atoms with Crippen LogP contribution < -0.4 is 0 Å². The summed E-state index contributed by atoms with van der Waals surface area (Å²) in [5, 5.41) is -6.67. The Kier molecular flexibility index (Phi) is 7.52. The molecule has 28 heavy (non-hydrogen) atoms. The fourth-order valence-corrected chi connectivity index (χ4v) is 4.34. The van der Waals surface area contributed by atoms with Crippen LogP contribution in [0.15, 0.2) is 12.2 Å². The summed E-state index contributed by atoms with van der Waals surface area (Å²) in [7, 11) is -6.52. The molecule has 1 aliphatic rings. The molecular formula is C15H20F9NO2S. The summed E-state index contributed by atoms with van der Waals surface area (Å²) >= 11 is 0. The number of hydrogen-bond acceptors (Lipinski definition) is 2. The van der Waals surface area contributed by atoms with Crippen molar-refractivity contribution in [2.24, 2.45) is 0 Å². The Balaban J connectivity index is 3.18. The van der Waals surface area contributed by atoms with E-state index in [0.717, 1.165) is 18.9 Å². The van der Waals surface area contributed by atoms with E-state index in [0.29, 0.717) is 12.8 Å². The number of rotatable bonds is 9. The van der Waals surface area contributed by atoms with Crippen LogP contribution in [-0.2, 0) is 10.0 Å². The lowest BCUT2D eigenvalue weighted by Crippen LogP contribution is -2.65. The average Bonchev–Trinajstić information content (AvgIpc) is 3.02. The maximum Gasteiger partial charge on any atom is 0.460 e. The van der Waals surface area contributed by atoms with Crippen molar-refractivity contribution in [2.45, 2.75) is 74.8 Å². The predicted molar refractivity (Wildman–Crippen MR) is 82.8 cm³/mol. The van der Waals surface area contributed by atoms with Gasteiger partial charge in [0.2, 0.25) is 0 Å². The highest BCUT2D eigenvalue weighted by atomic mass is 32.2. The number of unbranched alkanes of at least 4 members (excludes halogenated alkanes) is 3. The van der Waals surface area contributed by atoms with Crippen molar-refractivity contribution >= 4 is 10.0 Å². The summed E-state index contributed by atoms with van der Waals surface area (Å²) in [6.07, 6.45) is -1.73. The molecule has 0 bridgehead atoms. The smallest absolute Gasteiger partial charge is 0.206 e. The van der Waals surface area contributed by atoms with Crippen molar-refractivity contribution < 1.29 is 47.9 Å². The van der Waals surface area contributed by atoms with Crippen molar-refractivity contribution in [3.05, 3.63) is 12.2 Å². The Labute approximate surface area is 156 Å². The largest absolute Gasteiger partial charge is 0.460 e. The summed E-state index contributed by atoms with van der Waals surface area (Å²) in [4.78, 5) is 0. The second-order valence-electron chi connectivity index (χ2n) is 6.41. The molecule has 0 radical (unpaired) electrons. The van der Waals surface area contributed by atoms with E-state index in [9.17, 15) is 47.9 Å². The SMILES string of the molecule is CCCCC/C=C/C1CCCN1S(=O)(=O)C(F)(F)C(F)(F)C(F)(F)C(F)(F)F. The molecule has 0 N–H and O–H groups in total. The minimum Gasteiger partial charge on any atom is -0.206 e. The van der Waals surface area contributed by atoms with E-state index in [-0.39, 0.29) is 17.1 Å². The Hall–Kier alpha value is -0.980. The van der Waals surface area contributed by atoms with E-state index in [4.69, 9.17) is 0 Å². The van der Waals surface area contributed by atoms with E-state index >= 15 is 0 Å². The van der Waals surface area contributed by atoms with Gasteiger partial charge in [0.1, 0.15) is 0 Å².